The molecule has 0 radical (unpaired) electrons. The monoisotopic (exact) mass is 239 g/mol. The van der Waals surface area contributed by atoms with Gasteiger partial charge in [-0.05, 0) is 26.8 Å². The summed E-state index contributed by atoms with van der Waals surface area (Å²) in [5, 5.41) is 0. The minimum absolute atomic E-state index is 0.0248. The molecule has 0 amide bonds. The highest BCUT2D eigenvalue weighted by atomic mass is 16.7. The molecule has 0 unspecified atom stereocenters. The van der Waals surface area contributed by atoms with Gasteiger partial charge in [0.15, 0.2) is 6.29 Å². The third-order valence-corrected chi connectivity index (χ3v) is 2.56. The minimum atomic E-state index is -0.225. The Kier molecular flexibility index (Phi) is 5.94. The average molecular weight is 239 g/mol. The second-order valence-corrected chi connectivity index (χ2v) is 3.79. The molecule has 0 atom stereocenters. The molecule has 1 aromatic heterocycles. The van der Waals surface area contributed by atoms with Crippen LogP contribution in [0.15, 0.2) is 23.0 Å². The van der Waals surface area contributed by atoms with E-state index in [1.807, 2.05) is 26.8 Å². The van der Waals surface area contributed by atoms with Gasteiger partial charge in [-0.3, -0.25) is 4.79 Å². The molecule has 17 heavy (non-hydrogen) atoms. The fourth-order valence-electron chi connectivity index (χ4n) is 1.73. The number of aryl methyl sites for hydroxylation is 1. The topological polar surface area (TPSA) is 40.5 Å². The molecular formula is C13H21NO3. The van der Waals surface area contributed by atoms with Gasteiger partial charge in [-0.2, -0.15) is 0 Å². The molecule has 0 aliphatic rings. The van der Waals surface area contributed by atoms with Crippen molar-refractivity contribution >= 4 is 0 Å². The molecule has 0 saturated heterocycles. The highest BCUT2D eigenvalue weighted by molar-refractivity contribution is 5.04. The van der Waals surface area contributed by atoms with Crippen molar-refractivity contribution in [2.24, 2.45) is 0 Å². The molecule has 0 aromatic carbocycles. The van der Waals surface area contributed by atoms with Crippen LogP contribution in [0.25, 0.3) is 0 Å². The van der Waals surface area contributed by atoms with Gasteiger partial charge in [0.05, 0.1) is 0 Å². The van der Waals surface area contributed by atoms with Crippen molar-refractivity contribution < 1.29 is 9.47 Å². The maximum atomic E-state index is 11.6. The number of rotatable bonds is 7. The Labute approximate surface area is 102 Å². The molecule has 0 fully saturated rings. The van der Waals surface area contributed by atoms with Crippen LogP contribution in [0.3, 0.4) is 0 Å². The second-order valence-electron chi connectivity index (χ2n) is 3.79. The maximum absolute atomic E-state index is 11.6. The number of pyridine rings is 1. The van der Waals surface area contributed by atoms with Crippen LogP contribution in [-0.4, -0.2) is 24.1 Å². The molecule has 0 saturated carbocycles. The summed E-state index contributed by atoms with van der Waals surface area (Å²) < 4.78 is 12.6. The molecule has 4 nitrogen and oxygen atoms in total. The van der Waals surface area contributed by atoms with Crippen LogP contribution in [0.4, 0.5) is 0 Å². The summed E-state index contributed by atoms with van der Waals surface area (Å²) in [6.45, 7) is 7.66. The number of hydrogen-bond donors (Lipinski definition) is 0. The summed E-state index contributed by atoms with van der Waals surface area (Å²) in [5.74, 6) is 0. The lowest BCUT2D eigenvalue weighted by atomic mass is 10.3. The van der Waals surface area contributed by atoms with Crippen molar-refractivity contribution in [3.05, 3.63) is 34.2 Å². The van der Waals surface area contributed by atoms with Crippen molar-refractivity contribution in [1.29, 1.82) is 0 Å². The molecule has 96 valence electrons. The van der Waals surface area contributed by atoms with Crippen LogP contribution in [0.1, 0.15) is 26.0 Å². The Morgan fingerprint density at radius 1 is 1.24 bits per heavy atom. The number of ether oxygens (including phenoxy) is 2. The van der Waals surface area contributed by atoms with Gasteiger partial charge in [-0.1, -0.05) is 6.07 Å². The summed E-state index contributed by atoms with van der Waals surface area (Å²) in [7, 11) is 0. The summed E-state index contributed by atoms with van der Waals surface area (Å²) in [5.41, 5.74) is 0.987. The van der Waals surface area contributed by atoms with E-state index in [0.717, 1.165) is 5.69 Å². The summed E-state index contributed by atoms with van der Waals surface area (Å²) in [4.78, 5) is 11.6. The van der Waals surface area contributed by atoms with Crippen molar-refractivity contribution in [3.63, 3.8) is 0 Å². The smallest absolute Gasteiger partial charge is 0.250 e. The highest BCUT2D eigenvalue weighted by Gasteiger charge is 2.09. The lowest BCUT2D eigenvalue weighted by molar-refractivity contribution is -0.141. The van der Waals surface area contributed by atoms with E-state index >= 15 is 0 Å². The fraction of sp³-hybridized carbons (Fsp3) is 0.615. The average Bonchev–Trinajstić information content (AvgIpc) is 2.29. The molecule has 0 N–H and O–H groups in total. The first kappa shape index (κ1) is 13.9. The Morgan fingerprint density at radius 2 is 1.88 bits per heavy atom. The molecule has 4 heteroatoms. The molecule has 0 aliphatic carbocycles. The second kappa shape index (κ2) is 7.25. The van der Waals surface area contributed by atoms with Crippen molar-refractivity contribution in [1.82, 2.24) is 4.57 Å². The molecule has 1 aromatic rings. The van der Waals surface area contributed by atoms with Gasteiger partial charge in [0.1, 0.15) is 0 Å². The highest BCUT2D eigenvalue weighted by Crippen LogP contribution is 2.04. The van der Waals surface area contributed by atoms with Crippen LogP contribution < -0.4 is 5.56 Å². The number of hydrogen-bond acceptors (Lipinski definition) is 3. The summed E-state index contributed by atoms with van der Waals surface area (Å²) in [6, 6.07) is 5.28. The lowest BCUT2D eigenvalue weighted by Crippen LogP contribution is -2.25. The number of nitrogens with zero attached hydrogens (tertiary/aromatic N) is 1. The Balaban J connectivity index is 2.61. The third kappa shape index (κ3) is 4.32. The van der Waals surface area contributed by atoms with Crippen molar-refractivity contribution in [2.45, 2.75) is 40.0 Å². The maximum Gasteiger partial charge on any atom is 0.250 e. The Bertz CT molecular complexity index is 380. The van der Waals surface area contributed by atoms with E-state index in [0.29, 0.717) is 26.2 Å². The van der Waals surface area contributed by atoms with E-state index in [9.17, 15) is 4.79 Å². The first-order valence-electron chi connectivity index (χ1n) is 6.08. The zero-order chi connectivity index (χ0) is 12.7. The summed E-state index contributed by atoms with van der Waals surface area (Å²) in [6.07, 6.45) is 0.461. The van der Waals surface area contributed by atoms with Gasteiger partial charge in [0.25, 0.3) is 5.56 Å². The van der Waals surface area contributed by atoms with Crippen molar-refractivity contribution in [2.75, 3.05) is 13.2 Å². The Morgan fingerprint density at radius 3 is 2.41 bits per heavy atom. The van der Waals surface area contributed by atoms with Crippen LogP contribution in [-0.2, 0) is 16.0 Å². The zero-order valence-corrected chi connectivity index (χ0v) is 10.8. The molecule has 1 heterocycles. The third-order valence-electron chi connectivity index (χ3n) is 2.56. The quantitative estimate of drug-likeness (QED) is 0.683. The normalized spacial score (nSPS) is 11.1. The van der Waals surface area contributed by atoms with E-state index in [-0.39, 0.29) is 11.8 Å². The molecule has 0 bridgehead atoms. The van der Waals surface area contributed by atoms with E-state index in [2.05, 4.69) is 0 Å². The van der Waals surface area contributed by atoms with Crippen molar-refractivity contribution in [3.8, 4) is 0 Å². The van der Waals surface area contributed by atoms with Gasteiger partial charge in [0, 0.05) is 37.9 Å². The zero-order valence-electron chi connectivity index (χ0n) is 10.8. The first-order chi connectivity index (χ1) is 8.19. The van der Waals surface area contributed by atoms with Gasteiger partial charge in [0.2, 0.25) is 0 Å². The standard InChI is InChI=1S/C13H21NO3/c1-4-16-13(17-5-2)9-10-14-11(3)7-6-8-12(14)15/h6-8,13H,4-5,9-10H2,1-3H3. The predicted molar refractivity (Wildman–Crippen MR) is 67.1 cm³/mol. The lowest BCUT2D eigenvalue weighted by Gasteiger charge is -2.18. The minimum Gasteiger partial charge on any atom is -0.353 e. The number of aromatic nitrogens is 1. The Hall–Kier alpha value is -1.13. The van der Waals surface area contributed by atoms with E-state index < -0.39 is 0 Å². The molecule has 0 aliphatic heterocycles. The van der Waals surface area contributed by atoms with Crippen LogP contribution >= 0.6 is 0 Å². The fourth-order valence-corrected chi connectivity index (χ4v) is 1.73. The molecule has 1 rings (SSSR count). The predicted octanol–water partition coefficient (Wildman–Crippen LogP) is 1.95. The van der Waals surface area contributed by atoms with Crippen LogP contribution in [0.2, 0.25) is 0 Å². The van der Waals surface area contributed by atoms with E-state index in [4.69, 9.17) is 9.47 Å². The first-order valence-corrected chi connectivity index (χ1v) is 6.08. The molecular weight excluding hydrogens is 218 g/mol. The van der Waals surface area contributed by atoms with Crippen LogP contribution in [0, 0.1) is 6.92 Å². The van der Waals surface area contributed by atoms with Gasteiger partial charge in [-0.15, -0.1) is 0 Å². The largest absolute Gasteiger partial charge is 0.353 e. The summed E-state index contributed by atoms with van der Waals surface area (Å²) >= 11 is 0. The van der Waals surface area contributed by atoms with Gasteiger partial charge >= 0.3 is 0 Å². The van der Waals surface area contributed by atoms with E-state index in [1.54, 1.807) is 16.7 Å². The van der Waals surface area contributed by atoms with Gasteiger partial charge < -0.3 is 14.0 Å². The van der Waals surface area contributed by atoms with E-state index in [1.165, 1.54) is 0 Å². The van der Waals surface area contributed by atoms with Gasteiger partial charge in [-0.25, -0.2) is 0 Å². The SMILES string of the molecule is CCOC(CCn1c(C)cccc1=O)OCC. The molecule has 0 spiro atoms. The van der Waals surface area contributed by atoms with Crippen LogP contribution in [0.5, 0.6) is 0 Å².